The fourth-order valence-electron chi connectivity index (χ4n) is 2.52. The second-order valence-electron chi connectivity index (χ2n) is 4.75. The first-order valence-electron chi connectivity index (χ1n) is 6.22. The Labute approximate surface area is 113 Å². The number of benzene rings is 1. The second-order valence-corrected chi connectivity index (χ2v) is 4.75. The lowest BCUT2D eigenvalue weighted by molar-refractivity contribution is -0.286. The van der Waals surface area contributed by atoms with Crippen molar-refractivity contribution in [2.75, 3.05) is 7.11 Å². The number of methoxy groups -OCH3 is 1. The van der Waals surface area contributed by atoms with Crippen LogP contribution in [0.4, 0.5) is 8.78 Å². The van der Waals surface area contributed by atoms with Crippen molar-refractivity contribution in [1.29, 1.82) is 0 Å². The Morgan fingerprint density at radius 2 is 2.10 bits per heavy atom. The van der Waals surface area contributed by atoms with Gasteiger partial charge in [-0.3, -0.25) is 10.1 Å². The van der Waals surface area contributed by atoms with Crippen molar-refractivity contribution in [3.63, 3.8) is 0 Å². The summed E-state index contributed by atoms with van der Waals surface area (Å²) in [7, 11) is 1.33. The van der Waals surface area contributed by atoms with Gasteiger partial charge in [-0.2, -0.15) is 0 Å². The number of nitrogens with one attached hydrogen (secondary N) is 1. The Morgan fingerprint density at radius 3 is 2.85 bits per heavy atom. The van der Waals surface area contributed by atoms with Crippen LogP contribution in [0.5, 0.6) is 11.5 Å². The van der Waals surface area contributed by atoms with E-state index in [2.05, 4.69) is 19.5 Å². The van der Waals surface area contributed by atoms with Crippen LogP contribution < -0.4 is 14.8 Å². The molecule has 2 heterocycles. The van der Waals surface area contributed by atoms with Gasteiger partial charge in [0.15, 0.2) is 11.5 Å². The Bertz CT molecular complexity index is 549. The molecule has 2 aliphatic rings. The van der Waals surface area contributed by atoms with Gasteiger partial charge in [0.05, 0.1) is 7.11 Å². The molecule has 0 amide bonds. The van der Waals surface area contributed by atoms with Gasteiger partial charge in [-0.15, -0.1) is 8.78 Å². The molecule has 1 saturated heterocycles. The summed E-state index contributed by atoms with van der Waals surface area (Å²) >= 11 is 0. The Balaban J connectivity index is 1.76. The number of halogens is 2. The molecule has 108 valence electrons. The number of carbonyl (C=O) groups excluding carboxylic acids is 1. The van der Waals surface area contributed by atoms with Gasteiger partial charge in [0.25, 0.3) is 0 Å². The third-order valence-corrected chi connectivity index (χ3v) is 3.46. The van der Waals surface area contributed by atoms with Gasteiger partial charge in [0.1, 0.15) is 6.04 Å². The zero-order valence-electron chi connectivity index (χ0n) is 10.7. The average molecular weight is 285 g/mol. The van der Waals surface area contributed by atoms with E-state index in [1.54, 1.807) is 6.07 Å². The normalized spacial score (nSPS) is 26.6. The molecule has 1 N–H and O–H groups in total. The minimum Gasteiger partial charge on any atom is -0.468 e. The molecule has 2 unspecified atom stereocenters. The number of fused-ring (bicyclic) bond motifs is 1. The van der Waals surface area contributed by atoms with E-state index in [4.69, 9.17) is 0 Å². The zero-order valence-corrected chi connectivity index (χ0v) is 10.7. The number of ether oxygens (including phenoxy) is 3. The number of esters is 1. The molecule has 20 heavy (non-hydrogen) atoms. The summed E-state index contributed by atoms with van der Waals surface area (Å²) in [6, 6.07) is 4.17. The first-order valence-corrected chi connectivity index (χ1v) is 6.22. The number of alkyl halides is 2. The van der Waals surface area contributed by atoms with E-state index in [-0.39, 0.29) is 29.6 Å². The fourth-order valence-corrected chi connectivity index (χ4v) is 2.52. The maximum absolute atomic E-state index is 12.9. The van der Waals surface area contributed by atoms with E-state index in [1.807, 2.05) is 0 Å². The Kier molecular flexibility index (Phi) is 3.01. The van der Waals surface area contributed by atoms with Crippen LogP contribution in [0.15, 0.2) is 18.2 Å². The molecule has 1 aromatic carbocycles. The highest BCUT2D eigenvalue weighted by atomic mass is 19.3. The zero-order chi connectivity index (χ0) is 14.3. The molecule has 1 aromatic rings. The number of hydrogen-bond donors (Lipinski definition) is 1. The highest BCUT2D eigenvalue weighted by Crippen LogP contribution is 2.42. The number of hydrogen-bond acceptors (Lipinski definition) is 5. The van der Waals surface area contributed by atoms with Gasteiger partial charge < -0.3 is 14.2 Å². The van der Waals surface area contributed by atoms with E-state index < -0.39 is 6.29 Å². The van der Waals surface area contributed by atoms with Gasteiger partial charge in [-0.05, 0) is 30.5 Å². The Hall–Kier alpha value is -1.89. The molecule has 0 bridgehead atoms. The summed E-state index contributed by atoms with van der Waals surface area (Å²) in [5.41, 5.74) is 0.774. The molecule has 0 saturated carbocycles. The van der Waals surface area contributed by atoms with Crippen molar-refractivity contribution >= 4 is 5.97 Å². The lowest BCUT2D eigenvalue weighted by Crippen LogP contribution is -2.33. The summed E-state index contributed by atoms with van der Waals surface area (Å²) in [6.45, 7) is 0. The van der Waals surface area contributed by atoms with E-state index in [0.717, 1.165) is 12.0 Å². The predicted molar refractivity (Wildman–Crippen MR) is 63.6 cm³/mol. The lowest BCUT2D eigenvalue weighted by Gasteiger charge is -2.13. The molecule has 7 heteroatoms. The number of carbonyl (C=O) groups is 1. The molecule has 0 spiro atoms. The lowest BCUT2D eigenvalue weighted by atomic mass is 10.0. The van der Waals surface area contributed by atoms with Gasteiger partial charge in [0.2, 0.25) is 0 Å². The van der Waals surface area contributed by atoms with Gasteiger partial charge >= 0.3 is 12.3 Å². The summed E-state index contributed by atoms with van der Waals surface area (Å²) in [5.74, 6) is -0.295. The largest absolute Gasteiger partial charge is 0.586 e. The molecule has 3 rings (SSSR count). The van der Waals surface area contributed by atoms with Crippen LogP contribution in [0, 0.1) is 0 Å². The molecule has 0 aliphatic carbocycles. The first-order chi connectivity index (χ1) is 9.48. The van der Waals surface area contributed by atoms with E-state index in [1.165, 1.54) is 19.2 Å². The highest BCUT2D eigenvalue weighted by molar-refractivity contribution is 5.76. The Morgan fingerprint density at radius 1 is 1.35 bits per heavy atom. The smallest absolute Gasteiger partial charge is 0.468 e. The van der Waals surface area contributed by atoms with E-state index in [9.17, 15) is 13.6 Å². The minimum atomic E-state index is -3.61. The van der Waals surface area contributed by atoms with E-state index >= 15 is 0 Å². The summed E-state index contributed by atoms with van der Waals surface area (Å²) < 4.78 is 39.3. The summed E-state index contributed by atoms with van der Waals surface area (Å²) in [5, 5.41) is 3.11. The van der Waals surface area contributed by atoms with Gasteiger partial charge in [0, 0.05) is 6.04 Å². The van der Waals surface area contributed by atoms with Crippen molar-refractivity contribution in [3.8, 4) is 11.5 Å². The topological polar surface area (TPSA) is 56.8 Å². The molecular formula is C13H13F2NO4. The van der Waals surface area contributed by atoms with Crippen LogP contribution in [0.3, 0.4) is 0 Å². The van der Waals surface area contributed by atoms with E-state index in [0.29, 0.717) is 6.42 Å². The third kappa shape index (κ3) is 2.29. The van der Waals surface area contributed by atoms with Crippen LogP contribution in [-0.2, 0) is 9.53 Å². The number of rotatable bonds is 2. The average Bonchev–Trinajstić information content (AvgIpc) is 2.99. The quantitative estimate of drug-likeness (QED) is 0.842. The van der Waals surface area contributed by atoms with Crippen molar-refractivity contribution in [2.24, 2.45) is 0 Å². The van der Waals surface area contributed by atoms with Crippen molar-refractivity contribution in [2.45, 2.75) is 31.2 Å². The van der Waals surface area contributed by atoms with Crippen LogP contribution in [-0.4, -0.2) is 25.4 Å². The molecule has 0 aromatic heterocycles. The van der Waals surface area contributed by atoms with Crippen molar-refractivity contribution < 1.29 is 27.8 Å². The maximum Gasteiger partial charge on any atom is 0.586 e. The SMILES string of the molecule is COC(=O)C1CCC(c2ccc3c(c2)OC(F)(F)O3)N1. The molecule has 1 fully saturated rings. The molecule has 5 nitrogen and oxygen atoms in total. The third-order valence-electron chi connectivity index (χ3n) is 3.46. The van der Waals surface area contributed by atoms with Crippen molar-refractivity contribution in [1.82, 2.24) is 5.32 Å². The van der Waals surface area contributed by atoms with Crippen LogP contribution in [0.25, 0.3) is 0 Å². The molecule has 0 radical (unpaired) electrons. The fraction of sp³-hybridized carbons (Fsp3) is 0.462. The molecule has 2 aliphatic heterocycles. The van der Waals surface area contributed by atoms with Crippen molar-refractivity contribution in [3.05, 3.63) is 23.8 Å². The second kappa shape index (κ2) is 4.59. The standard InChI is InChI=1S/C13H13F2NO4/c1-18-12(17)9-4-3-8(16-9)7-2-5-10-11(6-7)20-13(14,15)19-10/h2,5-6,8-9,16H,3-4H2,1H3. The van der Waals surface area contributed by atoms with Gasteiger partial charge in [-0.1, -0.05) is 6.07 Å². The maximum atomic E-state index is 12.9. The monoisotopic (exact) mass is 285 g/mol. The summed E-state index contributed by atoms with van der Waals surface area (Å²) in [4.78, 5) is 11.4. The summed E-state index contributed by atoms with van der Waals surface area (Å²) in [6.07, 6.45) is -2.25. The minimum absolute atomic E-state index is 0.0100. The van der Waals surface area contributed by atoms with Crippen LogP contribution in [0.1, 0.15) is 24.4 Å². The van der Waals surface area contributed by atoms with Crippen LogP contribution >= 0.6 is 0 Å². The highest BCUT2D eigenvalue weighted by Gasteiger charge is 2.43. The van der Waals surface area contributed by atoms with Gasteiger partial charge in [-0.25, -0.2) is 0 Å². The predicted octanol–water partition coefficient (Wildman–Crippen LogP) is 1.97. The molecule has 2 atom stereocenters. The molecular weight excluding hydrogens is 272 g/mol. The van der Waals surface area contributed by atoms with Crippen LogP contribution in [0.2, 0.25) is 0 Å². The first kappa shape index (κ1) is 13.1.